The maximum Gasteiger partial charge on any atom is 0.333 e. The standard InChI is InChI=1S/C16H18ClF2NO3/c1-4-23-14(21)11(2)9-10-16(18,19)15(17)20-12-5-7-13(22-3)8-6-12/h5-9H,4,10H2,1-3H3/b11-9+,20-15?. The first-order valence-corrected chi connectivity index (χ1v) is 7.28. The number of halogens is 3. The highest BCUT2D eigenvalue weighted by Crippen LogP contribution is 2.27. The quantitative estimate of drug-likeness (QED) is 0.415. The van der Waals surface area contributed by atoms with Gasteiger partial charge >= 0.3 is 11.9 Å². The Morgan fingerprint density at radius 2 is 1.96 bits per heavy atom. The molecule has 0 N–H and O–H groups in total. The fraction of sp³-hybridized carbons (Fsp3) is 0.375. The molecule has 0 aliphatic carbocycles. The van der Waals surface area contributed by atoms with Crippen LogP contribution in [0.5, 0.6) is 5.75 Å². The van der Waals surface area contributed by atoms with Crippen LogP contribution >= 0.6 is 11.6 Å². The maximum atomic E-state index is 14.0. The van der Waals surface area contributed by atoms with Crippen molar-refractivity contribution < 1.29 is 23.0 Å². The van der Waals surface area contributed by atoms with E-state index in [0.29, 0.717) is 5.75 Å². The molecule has 0 heterocycles. The summed E-state index contributed by atoms with van der Waals surface area (Å²) in [6.07, 6.45) is 0.347. The van der Waals surface area contributed by atoms with Gasteiger partial charge in [0.05, 0.1) is 19.4 Å². The number of alkyl halides is 2. The van der Waals surface area contributed by atoms with Gasteiger partial charge in [-0.3, -0.25) is 0 Å². The zero-order valence-electron chi connectivity index (χ0n) is 13.1. The van der Waals surface area contributed by atoms with Gasteiger partial charge in [0.1, 0.15) is 5.75 Å². The number of hydrogen-bond donors (Lipinski definition) is 0. The largest absolute Gasteiger partial charge is 0.497 e. The van der Waals surface area contributed by atoms with Crippen LogP contribution in [-0.2, 0) is 9.53 Å². The van der Waals surface area contributed by atoms with Gasteiger partial charge in [0.25, 0.3) is 0 Å². The molecule has 7 heteroatoms. The highest BCUT2D eigenvalue weighted by Gasteiger charge is 2.34. The van der Waals surface area contributed by atoms with Gasteiger partial charge in [-0.15, -0.1) is 0 Å². The molecule has 0 aliphatic heterocycles. The SMILES string of the molecule is CCOC(=O)/C(C)=C/CC(F)(F)C(Cl)=Nc1ccc(OC)cc1. The van der Waals surface area contributed by atoms with Crippen LogP contribution < -0.4 is 4.74 Å². The van der Waals surface area contributed by atoms with Crippen molar-refractivity contribution in [2.45, 2.75) is 26.2 Å². The van der Waals surface area contributed by atoms with E-state index in [0.717, 1.165) is 6.08 Å². The molecule has 1 aromatic carbocycles. The Morgan fingerprint density at radius 3 is 2.48 bits per heavy atom. The number of carbonyl (C=O) groups is 1. The number of methoxy groups -OCH3 is 1. The van der Waals surface area contributed by atoms with Crippen LogP contribution in [0.3, 0.4) is 0 Å². The van der Waals surface area contributed by atoms with Crippen molar-refractivity contribution in [2.75, 3.05) is 13.7 Å². The summed E-state index contributed by atoms with van der Waals surface area (Å²) < 4.78 is 37.6. The van der Waals surface area contributed by atoms with E-state index in [1.807, 2.05) is 0 Å². The van der Waals surface area contributed by atoms with E-state index in [2.05, 4.69) is 4.99 Å². The summed E-state index contributed by atoms with van der Waals surface area (Å²) in [6, 6.07) is 6.20. The molecule has 126 valence electrons. The third-order valence-electron chi connectivity index (χ3n) is 2.86. The van der Waals surface area contributed by atoms with Crippen molar-refractivity contribution in [3.63, 3.8) is 0 Å². The number of ether oxygens (including phenoxy) is 2. The van der Waals surface area contributed by atoms with E-state index < -0.39 is 23.5 Å². The lowest BCUT2D eigenvalue weighted by atomic mass is 10.2. The first kappa shape index (κ1) is 19.1. The van der Waals surface area contributed by atoms with E-state index in [9.17, 15) is 13.6 Å². The number of rotatable bonds is 7. The molecule has 4 nitrogen and oxygen atoms in total. The molecular formula is C16H18ClF2NO3. The van der Waals surface area contributed by atoms with E-state index in [1.54, 1.807) is 19.1 Å². The lowest BCUT2D eigenvalue weighted by Gasteiger charge is -2.13. The summed E-state index contributed by atoms with van der Waals surface area (Å²) in [6.45, 7) is 3.22. The van der Waals surface area contributed by atoms with Crippen LogP contribution in [0, 0.1) is 0 Å². The topological polar surface area (TPSA) is 47.9 Å². The molecule has 0 aromatic heterocycles. The molecule has 0 unspecified atom stereocenters. The fourth-order valence-corrected chi connectivity index (χ4v) is 1.72. The molecule has 1 rings (SSSR count). The minimum atomic E-state index is -3.38. The van der Waals surface area contributed by atoms with Crippen molar-refractivity contribution in [3.05, 3.63) is 35.9 Å². The van der Waals surface area contributed by atoms with E-state index in [4.69, 9.17) is 21.1 Å². The zero-order valence-corrected chi connectivity index (χ0v) is 13.9. The van der Waals surface area contributed by atoms with E-state index in [1.165, 1.54) is 26.2 Å². The molecule has 0 amide bonds. The predicted molar refractivity (Wildman–Crippen MR) is 85.9 cm³/mol. The molecule has 0 atom stereocenters. The fourth-order valence-electron chi connectivity index (χ4n) is 1.55. The molecule has 0 saturated heterocycles. The molecule has 0 fully saturated rings. The van der Waals surface area contributed by atoms with E-state index >= 15 is 0 Å². The molecule has 0 aliphatic rings. The average Bonchev–Trinajstić information content (AvgIpc) is 2.53. The van der Waals surface area contributed by atoms with Gasteiger partial charge in [-0.1, -0.05) is 17.7 Å². The Balaban J connectivity index is 2.82. The number of carbonyl (C=O) groups excluding carboxylic acids is 1. The first-order valence-electron chi connectivity index (χ1n) is 6.90. The zero-order chi connectivity index (χ0) is 17.5. The highest BCUT2D eigenvalue weighted by atomic mass is 35.5. The van der Waals surface area contributed by atoms with Gasteiger partial charge in [-0.05, 0) is 38.1 Å². The van der Waals surface area contributed by atoms with Gasteiger partial charge < -0.3 is 9.47 Å². The van der Waals surface area contributed by atoms with Gasteiger partial charge in [0, 0.05) is 12.0 Å². The van der Waals surface area contributed by atoms with Crippen LogP contribution in [0.1, 0.15) is 20.3 Å². The number of allylic oxidation sites excluding steroid dienone is 1. The van der Waals surface area contributed by atoms with Crippen LogP contribution in [0.25, 0.3) is 0 Å². The third-order valence-corrected chi connectivity index (χ3v) is 3.22. The normalized spacial score (nSPS) is 13.0. The van der Waals surface area contributed by atoms with E-state index in [-0.39, 0.29) is 17.9 Å². The Hall–Kier alpha value is -1.95. The molecule has 0 radical (unpaired) electrons. The average molecular weight is 346 g/mol. The van der Waals surface area contributed by atoms with Crippen molar-refractivity contribution in [1.29, 1.82) is 0 Å². The smallest absolute Gasteiger partial charge is 0.333 e. The Labute approximate surface area is 138 Å². The van der Waals surface area contributed by atoms with Crippen molar-refractivity contribution in [1.82, 2.24) is 0 Å². The monoisotopic (exact) mass is 345 g/mol. The Kier molecular flexibility index (Phi) is 7.16. The summed E-state index contributed by atoms with van der Waals surface area (Å²) >= 11 is 5.63. The molecule has 0 bridgehead atoms. The summed E-state index contributed by atoms with van der Waals surface area (Å²) in [5.41, 5.74) is 0.377. The first-order chi connectivity index (χ1) is 10.8. The maximum absolute atomic E-state index is 14.0. The van der Waals surface area contributed by atoms with Crippen molar-refractivity contribution in [3.8, 4) is 5.75 Å². The lowest BCUT2D eigenvalue weighted by Crippen LogP contribution is -2.23. The van der Waals surface area contributed by atoms with Gasteiger partial charge in [-0.2, -0.15) is 8.78 Å². The van der Waals surface area contributed by atoms with Gasteiger partial charge in [-0.25, -0.2) is 9.79 Å². The molecule has 0 spiro atoms. The number of aliphatic imine (C=N–C) groups is 1. The van der Waals surface area contributed by atoms with Gasteiger partial charge in [0.2, 0.25) is 0 Å². The predicted octanol–water partition coefficient (Wildman–Crippen LogP) is 4.50. The van der Waals surface area contributed by atoms with Crippen molar-refractivity contribution in [2.24, 2.45) is 4.99 Å². The van der Waals surface area contributed by atoms with Crippen LogP contribution in [0.2, 0.25) is 0 Å². The third kappa shape index (κ3) is 5.98. The molecular weight excluding hydrogens is 328 g/mol. The second kappa shape index (κ2) is 8.62. The van der Waals surface area contributed by atoms with Crippen molar-refractivity contribution >= 4 is 28.4 Å². The molecule has 23 heavy (non-hydrogen) atoms. The number of esters is 1. The minimum absolute atomic E-state index is 0.0976. The van der Waals surface area contributed by atoms with Crippen LogP contribution in [-0.4, -0.2) is 30.8 Å². The molecule has 1 aromatic rings. The Morgan fingerprint density at radius 1 is 1.35 bits per heavy atom. The second-order valence-electron chi connectivity index (χ2n) is 4.62. The number of benzene rings is 1. The van der Waals surface area contributed by atoms with Gasteiger partial charge in [0.15, 0.2) is 5.17 Å². The minimum Gasteiger partial charge on any atom is -0.497 e. The summed E-state index contributed by atoms with van der Waals surface area (Å²) in [5.74, 6) is -3.43. The van der Waals surface area contributed by atoms with Crippen LogP contribution in [0.15, 0.2) is 40.9 Å². The molecule has 0 saturated carbocycles. The number of hydrogen-bond acceptors (Lipinski definition) is 4. The lowest BCUT2D eigenvalue weighted by molar-refractivity contribution is -0.138. The number of nitrogens with zero attached hydrogens (tertiary/aromatic N) is 1. The second-order valence-corrected chi connectivity index (χ2v) is 4.97. The Bertz CT molecular complexity index is 598. The summed E-state index contributed by atoms with van der Waals surface area (Å²) in [5, 5.41) is -0.851. The summed E-state index contributed by atoms with van der Waals surface area (Å²) in [4.78, 5) is 15.1. The summed E-state index contributed by atoms with van der Waals surface area (Å²) in [7, 11) is 1.50. The van der Waals surface area contributed by atoms with Crippen LogP contribution in [0.4, 0.5) is 14.5 Å². The highest BCUT2D eigenvalue weighted by molar-refractivity contribution is 6.67.